The van der Waals surface area contributed by atoms with E-state index >= 15 is 0 Å². The molecule has 0 bridgehead atoms. The first kappa shape index (κ1) is 20.5. The topological polar surface area (TPSA) is 81.9 Å². The molecule has 0 fully saturated rings. The Balaban J connectivity index is 1.25. The molecule has 4 aromatic rings. The summed E-state index contributed by atoms with van der Waals surface area (Å²) in [5.74, 6) is 0.618. The average Bonchev–Trinajstić information content (AvgIpc) is 3.18. The number of hydrogen-bond acceptors (Lipinski definition) is 5. The van der Waals surface area contributed by atoms with Crippen LogP contribution in [0.25, 0.3) is 11.0 Å². The smallest absolute Gasteiger partial charge is 0.251 e. The van der Waals surface area contributed by atoms with E-state index in [0.717, 1.165) is 35.3 Å². The van der Waals surface area contributed by atoms with Gasteiger partial charge in [-0.05, 0) is 79.1 Å². The maximum absolute atomic E-state index is 12.3. The Morgan fingerprint density at radius 1 is 1.03 bits per heavy atom. The highest BCUT2D eigenvalue weighted by atomic mass is 16.5. The highest BCUT2D eigenvalue weighted by molar-refractivity contribution is 5.94. The van der Waals surface area contributed by atoms with Gasteiger partial charge in [0.05, 0.1) is 12.1 Å². The van der Waals surface area contributed by atoms with Gasteiger partial charge in [-0.1, -0.05) is 5.21 Å². The summed E-state index contributed by atoms with van der Waals surface area (Å²) in [7, 11) is 0. The van der Waals surface area contributed by atoms with Gasteiger partial charge in [-0.25, -0.2) is 4.68 Å². The molecule has 0 aliphatic carbocycles. The van der Waals surface area contributed by atoms with Crippen molar-refractivity contribution in [1.29, 1.82) is 0 Å². The summed E-state index contributed by atoms with van der Waals surface area (Å²) in [4.78, 5) is 16.3. The zero-order valence-corrected chi connectivity index (χ0v) is 17.7. The van der Waals surface area contributed by atoms with Crippen LogP contribution in [0.3, 0.4) is 0 Å². The molecule has 4 rings (SSSR count). The van der Waals surface area contributed by atoms with Gasteiger partial charge in [-0.15, -0.1) is 5.10 Å². The number of carbonyl (C=O) groups is 1. The van der Waals surface area contributed by atoms with Gasteiger partial charge in [0.1, 0.15) is 11.3 Å². The standard InChI is InChI=1S/C24H25N5O2/c1-17-14-22-23(15-18(17)2)29(28-27-22)12-3-13-31-21-6-4-20(5-7-21)24(30)26-16-19-8-10-25-11-9-19/h4-11,14-15H,3,12-13,16H2,1-2H3,(H,26,30). The number of nitrogens with zero attached hydrogens (tertiary/aromatic N) is 4. The number of aromatic nitrogens is 4. The molecule has 0 spiro atoms. The van der Waals surface area contributed by atoms with E-state index in [1.54, 1.807) is 24.5 Å². The van der Waals surface area contributed by atoms with Crippen LogP contribution in [0, 0.1) is 13.8 Å². The maximum Gasteiger partial charge on any atom is 0.251 e. The van der Waals surface area contributed by atoms with Crippen molar-refractivity contribution < 1.29 is 9.53 Å². The normalized spacial score (nSPS) is 10.9. The summed E-state index contributed by atoms with van der Waals surface area (Å²) in [6.45, 7) is 5.93. The summed E-state index contributed by atoms with van der Waals surface area (Å²) in [5, 5.41) is 11.4. The number of pyridine rings is 1. The number of rotatable bonds is 8. The maximum atomic E-state index is 12.3. The summed E-state index contributed by atoms with van der Waals surface area (Å²) >= 11 is 0. The molecule has 2 heterocycles. The number of benzene rings is 2. The van der Waals surface area contributed by atoms with Crippen LogP contribution in [-0.2, 0) is 13.1 Å². The zero-order valence-electron chi connectivity index (χ0n) is 17.7. The van der Waals surface area contributed by atoms with Gasteiger partial charge in [0.15, 0.2) is 0 Å². The highest BCUT2D eigenvalue weighted by Crippen LogP contribution is 2.18. The van der Waals surface area contributed by atoms with Gasteiger partial charge in [0.25, 0.3) is 5.91 Å². The molecule has 158 valence electrons. The molecule has 7 heteroatoms. The van der Waals surface area contributed by atoms with Crippen LogP contribution in [0.5, 0.6) is 5.75 Å². The van der Waals surface area contributed by atoms with Gasteiger partial charge < -0.3 is 10.1 Å². The fourth-order valence-electron chi connectivity index (χ4n) is 3.28. The Bertz CT molecular complexity index is 1170. The lowest BCUT2D eigenvalue weighted by molar-refractivity contribution is 0.0951. The van der Waals surface area contributed by atoms with E-state index < -0.39 is 0 Å². The van der Waals surface area contributed by atoms with Crippen molar-refractivity contribution in [3.05, 3.63) is 83.2 Å². The van der Waals surface area contributed by atoms with Crippen LogP contribution in [-0.4, -0.2) is 32.5 Å². The van der Waals surface area contributed by atoms with Crippen molar-refractivity contribution in [2.45, 2.75) is 33.4 Å². The second-order valence-corrected chi connectivity index (χ2v) is 7.50. The second-order valence-electron chi connectivity index (χ2n) is 7.50. The number of aryl methyl sites for hydroxylation is 3. The lowest BCUT2D eigenvalue weighted by Crippen LogP contribution is -2.22. The highest BCUT2D eigenvalue weighted by Gasteiger charge is 2.08. The largest absolute Gasteiger partial charge is 0.494 e. The first-order chi connectivity index (χ1) is 15.1. The fourth-order valence-corrected chi connectivity index (χ4v) is 3.28. The van der Waals surface area contributed by atoms with Crippen molar-refractivity contribution in [2.24, 2.45) is 0 Å². The number of fused-ring (bicyclic) bond motifs is 1. The quantitative estimate of drug-likeness (QED) is 0.442. The number of carbonyl (C=O) groups excluding carboxylic acids is 1. The SMILES string of the molecule is Cc1cc2nnn(CCCOc3ccc(C(=O)NCc4ccncc4)cc3)c2cc1C. The van der Waals surface area contributed by atoms with E-state index in [1.165, 1.54) is 11.1 Å². The first-order valence-electron chi connectivity index (χ1n) is 10.3. The van der Waals surface area contributed by atoms with Crippen LogP contribution < -0.4 is 10.1 Å². The molecule has 1 N–H and O–H groups in total. The van der Waals surface area contributed by atoms with Crippen LogP contribution in [0.2, 0.25) is 0 Å². The van der Waals surface area contributed by atoms with Gasteiger partial charge in [0.2, 0.25) is 0 Å². The predicted molar refractivity (Wildman–Crippen MR) is 119 cm³/mol. The first-order valence-corrected chi connectivity index (χ1v) is 10.3. The van der Waals surface area contributed by atoms with Crippen molar-refractivity contribution >= 4 is 16.9 Å². The number of hydrogen-bond donors (Lipinski definition) is 1. The minimum absolute atomic E-state index is 0.119. The predicted octanol–water partition coefficient (Wildman–Crippen LogP) is 3.84. The molecule has 0 saturated carbocycles. The third-order valence-electron chi connectivity index (χ3n) is 5.23. The third-order valence-corrected chi connectivity index (χ3v) is 5.23. The van der Waals surface area contributed by atoms with Crippen molar-refractivity contribution in [2.75, 3.05) is 6.61 Å². The van der Waals surface area contributed by atoms with Crippen molar-refractivity contribution in [3.8, 4) is 5.75 Å². The molecule has 2 aromatic heterocycles. The molecule has 0 aliphatic heterocycles. The van der Waals surface area contributed by atoms with Gasteiger partial charge in [-0.2, -0.15) is 0 Å². The van der Waals surface area contributed by atoms with Crippen molar-refractivity contribution in [3.63, 3.8) is 0 Å². The Morgan fingerprint density at radius 3 is 2.55 bits per heavy atom. The number of amides is 1. The Kier molecular flexibility index (Phi) is 6.21. The van der Waals surface area contributed by atoms with Crippen LogP contribution in [0.4, 0.5) is 0 Å². The van der Waals surface area contributed by atoms with E-state index in [1.807, 2.05) is 28.9 Å². The summed E-state index contributed by atoms with van der Waals surface area (Å²) in [6, 6.07) is 15.1. The molecule has 2 aromatic carbocycles. The lowest BCUT2D eigenvalue weighted by atomic mass is 10.1. The Labute approximate surface area is 181 Å². The van der Waals surface area contributed by atoms with E-state index in [9.17, 15) is 4.79 Å². The van der Waals surface area contributed by atoms with Crippen molar-refractivity contribution in [1.82, 2.24) is 25.3 Å². The van der Waals surface area contributed by atoms with Gasteiger partial charge >= 0.3 is 0 Å². The third kappa shape index (κ3) is 5.06. The summed E-state index contributed by atoms with van der Waals surface area (Å²) in [5.41, 5.74) is 6.02. The zero-order chi connectivity index (χ0) is 21.6. The van der Waals surface area contributed by atoms with Crippen LogP contribution in [0.1, 0.15) is 33.5 Å². The number of nitrogens with one attached hydrogen (secondary N) is 1. The van der Waals surface area contributed by atoms with Crippen LogP contribution >= 0.6 is 0 Å². The minimum Gasteiger partial charge on any atom is -0.494 e. The second kappa shape index (κ2) is 9.38. The molecule has 0 unspecified atom stereocenters. The molecule has 0 atom stereocenters. The van der Waals surface area contributed by atoms with Gasteiger partial charge in [0, 0.05) is 37.5 Å². The van der Waals surface area contributed by atoms with E-state index in [-0.39, 0.29) is 5.91 Å². The summed E-state index contributed by atoms with van der Waals surface area (Å²) in [6.07, 6.45) is 4.22. The Morgan fingerprint density at radius 2 is 1.77 bits per heavy atom. The lowest BCUT2D eigenvalue weighted by Gasteiger charge is -2.09. The molecule has 0 saturated heterocycles. The van der Waals surface area contributed by atoms with Crippen LogP contribution in [0.15, 0.2) is 60.9 Å². The van der Waals surface area contributed by atoms with Gasteiger partial charge in [-0.3, -0.25) is 9.78 Å². The molecule has 31 heavy (non-hydrogen) atoms. The molecule has 7 nitrogen and oxygen atoms in total. The molecule has 0 aliphatic rings. The van der Waals surface area contributed by atoms with E-state index in [2.05, 4.69) is 46.6 Å². The average molecular weight is 415 g/mol. The monoisotopic (exact) mass is 415 g/mol. The molecule has 1 amide bonds. The minimum atomic E-state index is -0.119. The fraction of sp³-hybridized carbons (Fsp3) is 0.250. The summed E-state index contributed by atoms with van der Waals surface area (Å²) < 4.78 is 7.74. The molecule has 0 radical (unpaired) electrons. The van der Waals surface area contributed by atoms with E-state index in [4.69, 9.17) is 4.74 Å². The van der Waals surface area contributed by atoms with E-state index in [0.29, 0.717) is 18.7 Å². The number of ether oxygens (including phenoxy) is 1. The molecular weight excluding hydrogens is 390 g/mol. The Hall–Kier alpha value is -3.74. The molecular formula is C24H25N5O2.